The molecule has 1 aromatic carbocycles. The molecule has 2 atom stereocenters. The summed E-state index contributed by atoms with van der Waals surface area (Å²) in [4.78, 5) is 16.5. The number of ether oxygens (including phenoxy) is 1. The molecule has 5 nitrogen and oxygen atoms in total. The van der Waals surface area contributed by atoms with Crippen LogP contribution in [0.2, 0.25) is 0 Å². The van der Waals surface area contributed by atoms with Gasteiger partial charge in [-0.25, -0.2) is 0 Å². The molecular weight excluding hydrogens is 290 g/mol. The molecule has 2 rings (SSSR count). The Kier molecular flexibility index (Phi) is 6.57. The zero-order chi connectivity index (χ0) is 16.8. The molecule has 1 amide bonds. The summed E-state index contributed by atoms with van der Waals surface area (Å²) in [7, 11) is 5.89. The highest BCUT2D eigenvalue weighted by atomic mass is 16.5. The van der Waals surface area contributed by atoms with Gasteiger partial charge < -0.3 is 10.1 Å². The Morgan fingerprint density at radius 3 is 2.91 bits per heavy atom. The third kappa shape index (κ3) is 5.61. The van der Waals surface area contributed by atoms with Gasteiger partial charge in [0, 0.05) is 32.8 Å². The summed E-state index contributed by atoms with van der Waals surface area (Å²) < 4.78 is 5.43. The number of hydrogen-bond donors (Lipinski definition) is 1. The predicted molar refractivity (Wildman–Crippen MR) is 92.4 cm³/mol. The number of nitrogens with one attached hydrogen (secondary N) is 1. The van der Waals surface area contributed by atoms with E-state index in [-0.39, 0.29) is 5.91 Å². The van der Waals surface area contributed by atoms with E-state index in [4.69, 9.17) is 4.74 Å². The topological polar surface area (TPSA) is 44.8 Å². The molecule has 1 aliphatic heterocycles. The van der Waals surface area contributed by atoms with Crippen molar-refractivity contribution in [3.63, 3.8) is 0 Å². The van der Waals surface area contributed by atoms with Gasteiger partial charge >= 0.3 is 0 Å². The van der Waals surface area contributed by atoms with Gasteiger partial charge in [-0.1, -0.05) is 29.8 Å². The fourth-order valence-corrected chi connectivity index (χ4v) is 3.16. The molecule has 5 heteroatoms. The van der Waals surface area contributed by atoms with Crippen LogP contribution in [0.1, 0.15) is 17.5 Å². The van der Waals surface area contributed by atoms with Crippen LogP contribution in [0.5, 0.6) is 0 Å². The molecule has 0 radical (unpaired) electrons. The summed E-state index contributed by atoms with van der Waals surface area (Å²) in [5, 5.41) is 2.99. The zero-order valence-electron chi connectivity index (χ0n) is 14.7. The van der Waals surface area contributed by atoms with Gasteiger partial charge in [0.1, 0.15) is 0 Å². The summed E-state index contributed by atoms with van der Waals surface area (Å²) in [5.41, 5.74) is 2.35. The standard InChI is InChI=1S/C18H29N3O2/c1-14-6-5-7-15(8-14)10-19-18(22)13-20(2)11-16-9-17(23-4)12-21(16)3/h5-8,16-17H,9-13H2,1-4H3,(H,19,22)/t16-,17-/m0/s1. The van der Waals surface area contributed by atoms with E-state index in [1.165, 1.54) is 5.56 Å². The molecule has 1 fully saturated rings. The quantitative estimate of drug-likeness (QED) is 0.822. The zero-order valence-corrected chi connectivity index (χ0v) is 14.7. The highest BCUT2D eigenvalue weighted by Gasteiger charge is 2.30. The normalized spacial score (nSPS) is 21.8. The maximum Gasteiger partial charge on any atom is 0.234 e. The Bertz CT molecular complexity index is 521. The van der Waals surface area contributed by atoms with Gasteiger partial charge in [0.25, 0.3) is 0 Å². The number of likely N-dealkylation sites (N-methyl/N-ethyl adjacent to an activating group) is 2. The van der Waals surface area contributed by atoms with E-state index in [0.717, 1.165) is 25.1 Å². The van der Waals surface area contributed by atoms with Gasteiger partial charge in [0.05, 0.1) is 12.6 Å². The summed E-state index contributed by atoms with van der Waals surface area (Å²) >= 11 is 0. The number of amides is 1. The van der Waals surface area contributed by atoms with Crippen molar-refractivity contribution in [1.82, 2.24) is 15.1 Å². The lowest BCUT2D eigenvalue weighted by Crippen LogP contribution is -2.41. The van der Waals surface area contributed by atoms with E-state index in [0.29, 0.717) is 25.2 Å². The molecule has 1 N–H and O–H groups in total. The van der Waals surface area contributed by atoms with Crippen LogP contribution in [-0.4, -0.2) is 68.7 Å². The van der Waals surface area contributed by atoms with Gasteiger partial charge in [-0.05, 0) is 33.0 Å². The lowest BCUT2D eigenvalue weighted by Gasteiger charge is -2.25. The third-order valence-corrected chi connectivity index (χ3v) is 4.49. The molecule has 23 heavy (non-hydrogen) atoms. The lowest BCUT2D eigenvalue weighted by atomic mass is 10.1. The number of benzene rings is 1. The minimum Gasteiger partial charge on any atom is -0.380 e. The maximum atomic E-state index is 12.1. The molecule has 0 saturated carbocycles. The first-order valence-electron chi connectivity index (χ1n) is 8.21. The second kappa shape index (κ2) is 8.43. The Hall–Kier alpha value is -1.43. The van der Waals surface area contributed by atoms with E-state index in [1.54, 1.807) is 7.11 Å². The highest BCUT2D eigenvalue weighted by Crippen LogP contribution is 2.18. The largest absolute Gasteiger partial charge is 0.380 e. The first-order valence-corrected chi connectivity index (χ1v) is 8.21. The van der Waals surface area contributed by atoms with Crippen LogP contribution in [0.3, 0.4) is 0 Å². The number of carbonyl (C=O) groups is 1. The molecule has 1 aromatic rings. The van der Waals surface area contributed by atoms with Crippen LogP contribution in [0.4, 0.5) is 0 Å². The molecule has 0 unspecified atom stereocenters. The monoisotopic (exact) mass is 319 g/mol. The molecule has 1 aliphatic rings. The van der Waals surface area contributed by atoms with Crippen molar-refractivity contribution in [2.75, 3.05) is 40.8 Å². The van der Waals surface area contributed by atoms with E-state index in [9.17, 15) is 4.79 Å². The van der Waals surface area contributed by atoms with Gasteiger partial charge in [-0.2, -0.15) is 0 Å². The number of methoxy groups -OCH3 is 1. The van der Waals surface area contributed by atoms with Crippen LogP contribution in [0.15, 0.2) is 24.3 Å². The first-order chi connectivity index (χ1) is 11.0. The van der Waals surface area contributed by atoms with Crippen molar-refractivity contribution in [1.29, 1.82) is 0 Å². The van der Waals surface area contributed by atoms with Crippen molar-refractivity contribution >= 4 is 5.91 Å². The second-order valence-electron chi connectivity index (χ2n) is 6.65. The third-order valence-electron chi connectivity index (χ3n) is 4.49. The predicted octanol–water partition coefficient (Wildman–Crippen LogP) is 1.26. The fraction of sp³-hybridized carbons (Fsp3) is 0.611. The van der Waals surface area contributed by atoms with Crippen LogP contribution >= 0.6 is 0 Å². The number of nitrogens with zero attached hydrogens (tertiary/aromatic N) is 2. The Morgan fingerprint density at radius 1 is 1.48 bits per heavy atom. The lowest BCUT2D eigenvalue weighted by molar-refractivity contribution is -0.122. The van der Waals surface area contributed by atoms with Crippen LogP contribution in [0.25, 0.3) is 0 Å². The van der Waals surface area contributed by atoms with Gasteiger partial charge in [-0.15, -0.1) is 0 Å². The second-order valence-corrected chi connectivity index (χ2v) is 6.65. The van der Waals surface area contributed by atoms with Gasteiger partial charge in [0.15, 0.2) is 0 Å². The van der Waals surface area contributed by atoms with Crippen LogP contribution in [-0.2, 0) is 16.1 Å². The van der Waals surface area contributed by atoms with Gasteiger partial charge in [-0.3, -0.25) is 14.6 Å². The molecular formula is C18H29N3O2. The summed E-state index contributed by atoms with van der Waals surface area (Å²) in [6.07, 6.45) is 1.34. The summed E-state index contributed by atoms with van der Waals surface area (Å²) in [5.74, 6) is 0.0675. The van der Waals surface area contributed by atoms with E-state index in [1.807, 2.05) is 19.2 Å². The molecule has 1 saturated heterocycles. The van der Waals surface area contributed by atoms with E-state index in [2.05, 4.69) is 41.2 Å². The van der Waals surface area contributed by atoms with Crippen molar-refractivity contribution in [3.8, 4) is 0 Å². The number of rotatable bonds is 7. The Balaban J connectivity index is 1.72. The van der Waals surface area contributed by atoms with Crippen molar-refractivity contribution in [2.24, 2.45) is 0 Å². The minimum atomic E-state index is 0.0675. The van der Waals surface area contributed by atoms with Crippen LogP contribution < -0.4 is 5.32 Å². The molecule has 1 heterocycles. The maximum absolute atomic E-state index is 12.1. The number of likely N-dealkylation sites (tertiary alicyclic amines) is 1. The summed E-state index contributed by atoms with van der Waals surface area (Å²) in [6, 6.07) is 8.67. The molecule has 0 aliphatic carbocycles. The van der Waals surface area contributed by atoms with Gasteiger partial charge in [0.2, 0.25) is 5.91 Å². The number of hydrogen-bond acceptors (Lipinski definition) is 4. The molecule has 128 valence electrons. The van der Waals surface area contributed by atoms with Crippen molar-refractivity contribution in [3.05, 3.63) is 35.4 Å². The molecule has 0 aromatic heterocycles. The van der Waals surface area contributed by atoms with E-state index < -0.39 is 0 Å². The Morgan fingerprint density at radius 2 is 2.26 bits per heavy atom. The average Bonchev–Trinajstić information content (AvgIpc) is 2.85. The van der Waals surface area contributed by atoms with Crippen molar-refractivity contribution in [2.45, 2.75) is 32.0 Å². The van der Waals surface area contributed by atoms with E-state index >= 15 is 0 Å². The Labute approximate surface area is 139 Å². The first kappa shape index (κ1) is 17.9. The fourth-order valence-electron chi connectivity index (χ4n) is 3.16. The smallest absolute Gasteiger partial charge is 0.234 e. The summed E-state index contributed by atoms with van der Waals surface area (Å²) in [6.45, 7) is 4.92. The SMILES string of the molecule is CO[C@H]1C[C@@H](CN(C)CC(=O)NCc2cccc(C)c2)N(C)C1. The molecule has 0 spiro atoms. The van der Waals surface area contributed by atoms with Crippen LogP contribution in [0, 0.1) is 6.92 Å². The van der Waals surface area contributed by atoms with Crippen molar-refractivity contribution < 1.29 is 9.53 Å². The highest BCUT2D eigenvalue weighted by molar-refractivity contribution is 5.77. The number of carbonyl (C=O) groups excluding carboxylic acids is 1. The average molecular weight is 319 g/mol. The molecule has 0 bridgehead atoms. The number of aryl methyl sites for hydroxylation is 1. The minimum absolute atomic E-state index is 0.0675.